The van der Waals surface area contributed by atoms with E-state index in [-0.39, 0.29) is 12.5 Å². The van der Waals surface area contributed by atoms with Gasteiger partial charge in [0.25, 0.3) is 5.91 Å². The molecule has 0 atom stereocenters. The minimum absolute atomic E-state index is 0.0177. The number of fused-ring (bicyclic) bond motifs is 1. The van der Waals surface area contributed by atoms with Gasteiger partial charge in [-0.3, -0.25) is 4.79 Å². The molecule has 1 aliphatic rings. The Morgan fingerprint density at radius 2 is 2.22 bits per heavy atom. The summed E-state index contributed by atoms with van der Waals surface area (Å²) in [5, 5.41) is 3.13. The zero-order valence-electron chi connectivity index (χ0n) is 13.1. The van der Waals surface area contributed by atoms with Gasteiger partial charge in [0.15, 0.2) is 0 Å². The van der Waals surface area contributed by atoms with Gasteiger partial charge in [0.05, 0.1) is 13.3 Å². The molecule has 23 heavy (non-hydrogen) atoms. The van der Waals surface area contributed by atoms with Crippen LogP contribution in [0.3, 0.4) is 0 Å². The number of nitrogens with zero attached hydrogens (tertiary/aromatic N) is 2. The van der Waals surface area contributed by atoms with Crippen molar-refractivity contribution in [3.8, 4) is 5.75 Å². The number of carbonyl (C=O) groups is 1. The monoisotopic (exact) mass is 315 g/mol. The third-order valence-corrected chi connectivity index (χ3v) is 4.01. The molecule has 0 unspecified atom stereocenters. The van der Waals surface area contributed by atoms with E-state index in [0.717, 1.165) is 24.2 Å². The molecule has 2 heterocycles. The van der Waals surface area contributed by atoms with Crippen molar-refractivity contribution < 1.29 is 13.9 Å². The van der Waals surface area contributed by atoms with Crippen LogP contribution in [-0.4, -0.2) is 36.5 Å². The Hall–Kier alpha value is -2.63. The van der Waals surface area contributed by atoms with Crippen molar-refractivity contribution in [2.45, 2.75) is 13.0 Å². The second kappa shape index (κ2) is 6.24. The van der Waals surface area contributed by atoms with Crippen molar-refractivity contribution in [2.75, 3.05) is 26.0 Å². The number of carbonyl (C=O) groups excluding carboxylic acids is 1. The minimum Gasteiger partial charge on any atom is -0.495 e. The number of amides is 1. The minimum atomic E-state index is -0.535. The molecule has 1 N–H and O–H groups in total. The van der Waals surface area contributed by atoms with E-state index in [1.54, 1.807) is 18.0 Å². The first-order valence-corrected chi connectivity index (χ1v) is 7.39. The number of aromatic nitrogens is 1. The second-order valence-corrected chi connectivity index (χ2v) is 5.53. The number of methoxy groups -OCH3 is 1. The van der Waals surface area contributed by atoms with Crippen LogP contribution in [0.2, 0.25) is 0 Å². The average Bonchev–Trinajstić information content (AvgIpc) is 2.57. The van der Waals surface area contributed by atoms with Gasteiger partial charge in [-0.1, -0.05) is 6.07 Å². The van der Waals surface area contributed by atoms with Crippen LogP contribution in [0.5, 0.6) is 5.75 Å². The lowest BCUT2D eigenvalue weighted by atomic mass is 9.98. The average molecular weight is 315 g/mol. The van der Waals surface area contributed by atoms with Crippen molar-refractivity contribution in [2.24, 2.45) is 0 Å². The van der Waals surface area contributed by atoms with Crippen LogP contribution in [0.25, 0.3) is 0 Å². The van der Waals surface area contributed by atoms with Gasteiger partial charge in [-0.2, -0.15) is 4.39 Å². The molecule has 0 fully saturated rings. The fraction of sp³-hybridized carbons (Fsp3) is 0.294. The molecule has 0 saturated carbocycles. The zero-order valence-corrected chi connectivity index (χ0v) is 13.1. The Balaban J connectivity index is 1.78. The maximum Gasteiger partial charge on any atom is 0.253 e. The number of hydrogen-bond donors (Lipinski definition) is 1. The molecule has 0 spiro atoms. The largest absolute Gasteiger partial charge is 0.495 e. The van der Waals surface area contributed by atoms with E-state index in [9.17, 15) is 9.18 Å². The molecular weight excluding hydrogens is 297 g/mol. The van der Waals surface area contributed by atoms with Crippen molar-refractivity contribution >= 4 is 11.6 Å². The maximum atomic E-state index is 13.7. The van der Waals surface area contributed by atoms with Gasteiger partial charge in [-0.25, -0.2) is 4.98 Å². The third kappa shape index (κ3) is 3.11. The number of ether oxygens (including phenoxy) is 1. The van der Waals surface area contributed by atoms with E-state index < -0.39 is 5.95 Å². The summed E-state index contributed by atoms with van der Waals surface area (Å²) in [7, 11) is 3.31. The summed E-state index contributed by atoms with van der Waals surface area (Å²) in [6.07, 6.45) is 2.19. The fourth-order valence-electron chi connectivity index (χ4n) is 2.60. The van der Waals surface area contributed by atoms with Crippen molar-refractivity contribution in [3.63, 3.8) is 0 Å². The van der Waals surface area contributed by atoms with E-state index in [1.807, 2.05) is 18.2 Å². The predicted molar refractivity (Wildman–Crippen MR) is 85.2 cm³/mol. The molecule has 1 aromatic heterocycles. The first-order chi connectivity index (χ1) is 11.1. The SMILES string of the molecule is COc1cnc(F)c(CNc2ccc3c(c2)C(=O)N(C)CC3)c1. The summed E-state index contributed by atoms with van der Waals surface area (Å²) in [6, 6.07) is 7.27. The summed E-state index contributed by atoms with van der Waals surface area (Å²) < 4.78 is 18.8. The molecule has 3 rings (SSSR count). The van der Waals surface area contributed by atoms with Crippen LogP contribution in [0.1, 0.15) is 21.5 Å². The highest BCUT2D eigenvalue weighted by molar-refractivity contribution is 5.97. The summed E-state index contributed by atoms with van der Waals surface area (Å²) in [5.41, 5.74) is 2.93. The molecule has 6 heteroatoms. The number of likely N-dealkylation sites (N-methyl/N-ethyl adjacent to an activating group) is 1. The van der Waals surface area contributed by atoms with Crippen LogP contribution >= 0.6 is 0 Å². The van der Waals surface area contributed by atoms with Gasteiger partial charge in [0.2, 0.25) is 5.95 Å². The number of halogens is 1. The lowest BCUT2D eigenvalue weighted by molar-refractivity contribution is 0.0781. The number of rotatable bonds is 4. The Kier molecular flexibility index (Phi) is 4.14. The van der Waals surface area contributed by atoms with Crippen LogP contribution in [0.4, 0.5) is 10.1 Å². The van der Waals surface area contributed by atoms with Crippen LogP contribution in [0, 0.1) is 5.95 Å². The molecular formula is C17H18FN3O2. The molecule has 1 aliphatic heterocycles. The highest BCUT2D eigenvalue weighted by atomic mass is 19.1. The fourth-order valence-corrected chi connectivity index (χ4v) is 2.60. The maximum absolute atomic E-state index is 13.7. The Bertz CT molecular complexity index is 749. The highest BCUT2D eigenvalue weighted by Crippen LogP contribution is 2.23. The van der Waals surface area contributed by atoms with Crippen LogP contribution < -0.4 is 10.1 Å². The molecule has 120 valence electrons. The Labute approximate surface area is 134 Å². The number of benzene rings is 1. The lowest BCUT2D eigenvalue weighted by Gasteiger charge is -2.25. The first-order valence-electron chi connectivity index (χ1n) is 7.39. The van der Waals surface area contributed by atoms with Gasteiger partial charge < -0.3 is 15.0 Å². The topological polar surface area (TPSA) is 54.5 Å². The zero-order chi connectivity index (χ0) is 16.4. The van der Waals surface area contributed by atoms with E-state index in [4.69, 9.17) is 4.74 Å². The number of pyridine rings is 1. The second-order valence-electron chi connectivity index (χ2n) is 5.53. The van der Waals surface area contributed by atoms with E-state index >= 15 is 0 Å². The number of hydrogen-bond acceptors (Lipinski definition) is 4. The van der Waals surface area contributed by atoms with Crippen molar-refractivity contribution in [3.05, 3.63) is 53.1 Å². The third-order valence-electron chi connectivity index (χ3n) is 4.01. The smallest absolute Gasteiger partial charge is 0.253 e. The van der Waals surface area contributed by atoms with E-state index in [1.165, 1.54) is 13.3 Å². The standard InChI is InChI=1S/C17H18FN3O2/c1-21-6-5-11-3-4-13(8-15(11)17(21)22)19-9-12-7-14(23-2)10-20-16(12)18/h3-4,7-8,10,19H,5-6,9H2,1-2H3. The van der Waals surface area contributed by atoms with Crippen molar-refractivity contribution in [1.82, 2.24) is 9.88 Å². The van der Waals surface area contributed by atoms with E-state index in [2.05, 4.69) is 10.3 Å². The van der Waals surface area contributed by atoms with Gasteiger partial charge in [0.1, 0.15) is 5.75 Å². The Morgan fingerprint density at radius 1 is 1.39 bits per heavy atom. The summed E-state index contributed by atoms with van der Waals surface area (Å²) in [5.74, 6) is -0.0124. The van der Waals surface area contributed by atoms with Crippen LogP contribution in [-0.2, 0) is 13.0 Å². The van der Waals surface area contributed by atoms with Gasteiger partial charge in [-0.15, -0.1) is 0 Å². The predicted octanol–water partition coefficient (Wildman–Crippen LogP) is 2.47. The molecule has 0 radical (unpaired) electrons. The molecule has 1 amide bonds. The number of anilines is 1. The molecule has 5 nitrogen and oxygen atoms in total. The van der Waals surface area contributed by atoms with Crippen molar-refractivity contribution in [1.29, 1.82) is 0 Å². The van der Waals surface area contributed by atoms with Gasteiger partial charge in [-0.05, 0) is 30.2 Å². The molecule has 0 saturated heterocycles. The Morgan fingerprint density at radius 3 is 3.00 bits per heavy atom. The normalized spacial score (nSPS) is 13.7. The summed E-state index contributed by atoms with van der Waals surface area (Å²) >= 11 is 0. The van der Waals surface area contributed by atoms with E-state index in [0.29, 0.717) is 16.9 Å². The molecule has 2 aromatic rings. The highest BCUT2D eigenvalue weighted by Gasteiger charge is 2.21. The van der Waals surface area contributed by atoms with Gasteiger partial charge in [0, 0.05) is 37.0 Å². The lowest BCUT2D eigenvalue weighted by Crippen LogP contribution is -2.34. The van der Waals surface area contributed by atoms with Crippen LogP contribution in [0.15, 0.2) is 30.5 Å². The first kappa shape index (κ1) is 15.3. The molecule has 1 aromatic carbocycles. The summed E-state index contributed by atoms with van der Waals surface area (Å²) in [4.78, 5) is 17.6. The molecule has 0 aliphatic carbocycles. The van der Waals surface area contributed by atoms with Gasteiger partial charge >= 0.3 is 0 Å². The molecule has 0 bridgehead atoms. The number of nitrogens with one attached hydrogen (secondary N) is 1. The summed E-state index contributed by atoms with van der Waals surface area (Å²) in [6.45, 7) is 0.998. The quantitative estimate of drug-likeness (QED) is 0.881.